The van der Waals surface area contributed by atoms with Crippen LogP contribution in [0.25, 0.3) is 11.1 Å². The van der Waals surface area contributed by atoms with Crippen molar-refractivity contribution in [2.24, 2.45) is 0 Å². The fourth-order valence-electron chi connectivity index (χ4n) is 3.50. The summed E-state index contributed by atoms with van der Waals surface area (Å²) in [7, 11) is -3.42. The number of halogens is 1. The lowest BCUT2D eigenvalue weighted by Gasteiger charge is -2.32. The lowest BCUT2D eigenvalue weighted by atomic mass is 9.93. The lowest BCUT2D eigenvalue weighted by Crippen LogP contribution is -2.49. The summed E-state index contributed by atoms with van der Waals surface area (Å²) in [6.45, 7) is 3.27. The van der Waals surface area contributed by atoms with Crippen molar-refractivity contribution in [2.75, 3.05) is 0 Å². The smallest absolute Gasteiger partial charge is 0.214 e. The van der Waals surface area contributed by atoms with Gasteiger partial charge in [-0.05, 0) is 51.3 Å². The Hall–Kier alpha value is -2.43. The Bertz CT molecular complexity index is 1010. The van der Waals surface area contributed by atoms with E-state index in [1.165, 1.54) is 6.07 Å². The van der Waals surface area contributed by atoms with Crippen LogP contribution in [0.5, 0.6) is 5.75 Å². The molecule has 5 nitrogen and oxygen atoms in total. The minimum Gasteiger partial charge on any atom is -0.489 e. The van der Waals surface area contributed by atoms with Crippen LogP contribution in [0.2, 0.25) is 0 Å². The highest BCUT2D eigenvalue weighted by molar-refractivity contribution is 7.90. The van der Waals surface area contributed by atoms with E-state index in [9.17, 15) is 18.1 Å². The minimum atomic E-state index is -3.42. The summed E-state index contributed by atoms with van der Waals surface area (Å²) in [5, 5.41) is 8.72. The largest absolute Gasteiger partial charge is 0.489 e. The van der Waals surface area contributed by atoms with E-state index in [0.29, 0.717) is 35.3 Å². The third kappa shape index (κ3) is 4.95. The standard InChI is InChI=1S/C22H25FN2O3S/c1-15(2)29(26,27)25-21-9-5-6-10-22(21)28-17-11-12-19(20(23)13-17)18-8-4-3-7-16(18)14-24/h3-4,7-8,11-13,15,21-22,25H,5-6,9-10H2,1-2H3/t21-,22+/m0/s1. The molecule has 0 aromatic heterocycles. The second kappa shape index (κ2) is 8.93. The Morgan fingerprint density at radius 1 is 1.14 bits per heavy atom. The van der Waals surface area contributed by atoms with E-state index in [0.717, 1.165) is 12.8 Å². The maximum Gasteiger partial charge on any atom is 0.214 e. The van der Waals surface area contributed by atoms with Crippen LogP contribution >= 0.6 is 0 Å². The second-order valence-electron chi connectivity index (χ2n) is 7.56. The van der Waals surface area contributed by atoms with E-state index in [1.54, 1.807) is 50.2 Å². The van der Waals surface area contributed by atoms with Crippen molar-refractivity contribution in [1.82, 2.24) is 4.72 Å². The molecule has 0 aliphatic heterocycles. The van der Waals surface area contributed by atoms with Crippen molar-refractivity contribution in [1.29, 1.82) is 5.26 Å². The molecular formula is C22H25FN2O3S. The predicted octanol–water partition coefficient (Wildman–Crippen LogP) is 4.38. The summed E-state index contributed by atoms with van der Waals surface area (Å²) >= 11 is 0. The third-order valence-corrected chi connectivity index (χ3v) is 7.08. The molecule has 0 spiro atoms. The maximum absolute atomic E-state index is 14.8. The molecule has 7 heteroatoms. The highest BCUT2D eigenvalue weighted by Crippen LogP contribution is 2.31. The van der Waals surface area contributed by atoms with Gasteiger partial charge in [0.2, 0.25) is 10.0 Å². The van der Waals surface area contributed by atoms with E-state index in [4.69, 9.17) is 4.74 Å². The zero-order chi connectivity index (χ0) is 21.0. The fourth-order valence-corrected chi connectivity index (χ4v) is 4.46. The van der Waals surface area contributed by atoms with Gasteiger partial charge in [0.15, 0.2) is 0 Å². The molecule has 0 bridgehead atoms. The van der Waals surface area contributed by atoms with Crippen LogP contribution in [0.1, 0.15) is 45.1 Å². The van der Waals surface area contributed by atoms with E-state index in [1.807, 2.05) is 0 Å². The first-order chi connectivity index (χ1) is 13.8. The highest BCUT2D eigenvalue weighted by Gasteiger charge is 2.31. The molecule has 0 amide bonds. The number of sulfonamides is 1. The Kier molecular flexibility index (Phi) is 6.56. The summed E-state index contributed by atoms with van der Waals surface area (Å²) < 4.78 is 48.0. The Labute approximate surface area is 171 Å². The first-order valence-corrected chi connectivity index (χ1v) is 11.3. The summed E-state index contributed by atoms with van der Waals surface area (Å²) in [6, 6.07) is 13.1. The topological polar surface area (TPSA) is 79.2 Å². The number of nitriles is 1. The van der Waals surface area contributed by atoms with Crippen LogP contribution < -0.4 is 9.46 Å². The van der Waals surface area contributed by atoms with Crippen molar-refractivity contribution in [3.05, 3.63) is 53.8 Å². The number of rotatable bonds is 6. The van der Waals surface area contributed by atoms with E-state index < -0.39 is 21.1 Å². The van der Waals surface area contributed by atoms with Gasteiger partial charge in [-0.15, -0.1) is 0 Å². The van der Waals surface area contributed by atoms with Crippen LogP contribution in [0.4, 0.5) is 4.39 Å². The summed E-state index contributed by atoms with van der Waals surface area (Å²) in [4.78, 5) is 0. The average molecular weight is 417 g/mol. The van der Waals surface area contributed by atoms with Crippen molar-refractivity contribution in [3.8, 4) is 22.9 Å². The van der Waals surface area contributed by atoms with Crippen molar-refractivity contribution in [3.63, 3.8) is 0 Å². The van der Waals surface area contributed by atoms with E-state index >= 15 is 0 Å². The molecule has 2 atom stereocenters. The molecule has 1 N–H and O–H groups in total. The molecule has 1 fully saturated rings. The molecule has 2 aromatic rings. The number of nitrogens with zero attached hydrogens (tertiary/aromatic N) is 1. The molecule has 0 heterocycles. The Morgan fingerprint density at radius 3 is 2.55 bits per heavy atom. The van der Waals surface area contributed by atoms with Crippen molar-refractivity contribution < 1.29 is 17.5 Å². The lowest BCUT2D eigenvalue weighted by molar-refractivity contribution is 0.124. The van der Waals surface area contributed by atoms with Crippen LogP contribution in [0.15, 0.2) is 42.5 Å². The Morgan fingerprint density at radius 2 is 1.86 bits per heavy atom. The molecule has 1 saturated carbocycles. The quantitative estimate of drug-likeness (QED) is 0.758. The number of hydrogen-bond donors (Lipinski definition) is 1. The number of ether oxygens (including phenoxy) is 1. The zero-order valence-corrected chi connectivity index (χ0v) is 17.4. The van der Waals surface area contributed by atoms with Crippen LogP contribution in [-0.4, -0.2) is 25.8 Å². The average Bonchev–Trinajstić information content (AvgIpc) is 2.69. The predicted molar refractivity (Wildman–Crippen MR) is 110 cm³/mol. The van der Waals surface area contributed by atoms with Gasteiger partial charge in [0.1, 0.15) is 17.7 Å². The zero-order valence-electron chi connectivity index (χ0n) is 16.6. The van der Waals surface area contributed by atoms with Gasteiger partial charge in [0, 0.05) is 17.2 Å². The minimum absolute atomic E-state index is 0.329. The molecule has 154 valence electrons. The SMILES string of the molecule is CC(C)S(=O)(=O)N[C@H]1CCCC[C@H]1Oc1ccc(-c2ccccc2C#N)c(F)c1. The normalized spacial score (nSPS) is 19.7. The highest BCUT2D eigenvalue weighted by atomic mass is 32.2. The number of benzene rings is 2. The van der Waals surface area contributed by atoms with Gasteiger partial charge < -0.3 is 4.74 Å². The van der Waals surface area contributed by atoms with E-state index in [-0.39, 0.29) is 12.1 Å². The van der Waals surface area contributed by atoms with Gasteiger partial charge >= 0.3 is 0 Å². The molecule has 1 aliphatic carbocycles. The Balaban J connectivity index is 1.81. The number of nitrogens with one attached hydrogen (secondary N) is 1. The first kappa shape index (κ1) is 21.3. The van der Waals surface area contributed by atoms with Crippen LogP contribution in [0, 0.1) is 17.1 Å². The second-order valence-corrected chi connectivity index (χ2v) is 9.83. The van der Waals surface area contributed by atoms with E-state index in [2.05, 4.69) is 10.8 Å². The van der Waals surface area contributed by atoms with Gasteiger partial charge in [0.05, 0.1) is 22.9 Å². The van der Waals surface area contributed by atoms with Gasteiger partial charge in [-0.25, -0.2) is 17.5 Å². The van der Waals surface area contributed by atoms with Gasteiger partial charge in [-0.3, -0.25) is 0 Å². The fraction of sp³-hybridized carbons (Fsp3) is 0.409. The number of hydrogen-bond acceptors (Lipinski definition) is 4. The molecule has 0 unspecified atom stereocenters. The van der Waals surface area contributed by atoms with Gasteiger partial charge in [-0.1, -0.05) is 24.6 Å². The maximum atomic E-state index is 14.8. The molecule has 29 heavy (non-hydrogen) atoms. The third-order valence-electron chi connectivity index (χ3n) is 5.20. The summed E-state index contributed by atoms with van der Waals surface area (Å²) in [6.07, 6.45) is 2.89. The monoisotopic (exact) mass is 416 g/mol. The molecule has 0 saturated heterocycles. The molecular weight excluding hydrogens is 391 g/mol. The molecule has 1 aliphatic rings. The molecule has 0 radical (unpaired) electrons. The van der Waals surface area contributed by atoms with Crippen LogP contribution in [-0.2, 0) is 10.0 Å². The van der Waals surface area contributed by atoms with Gasteiger partial charge in [0.25, 0.3) is 0 Å². The van der Waals surface area contributed by atoms with Crippen LogP contribution in [0.3, 0.4) is 0 Å². The van der Waals surface area contributed by atoms with Gasteiger partial charge in [-0.2, -0.15) is 5.26 Å². The molecule has 2 aromatic carbocycles. The molecule has 3 rings (SSSR count). The summed E-state index contributed by atoms with van der Waals surface area (Å²) in [5.74, 6) is -0.137. The van der Waals surface area contributed by atoms with Crippen molar-refractivity contribution in [2.45, 2.75) is 56.9 Å². The van der Waals surface area contributed by atoms with Crippen molar-refractivity contribution >= 4 is 10.0 Å². The summed E-state index contributed by atoms with van der Waals surface area (Å²) in [5.41, 5.74) is 1.25. The first-order valence-electron chi connectivity index (χ1n) is 9.78.